The highest BCUT2D eigenvalue weighted by molar-refractivity contribution is 6.31. The third-order valence-corrected chi connectivity index (χ3v) is 3.49. The van der Waals surface area contributed by atoms with E-state index in [9.17, 15) is 13.2 Å². The van der Waals surface area contributed by atoms with Crippen LogP contribution in [0, 0.1) is 13.8 Å². The fourth-order valence-corrected chi connectivity index (χ4v) is 2.24. The molecule has 6 heteroatoms. The maximum absolute atomic E-state index is 12.0. The van der Waals surface area contributed by atoms with Crippen LogP contribution in [0.3, 0.4) is 0 Å². The first-order valence-electron chi connectivity index (χ1n) is 6.33. The van der Waals surface area contributed by atoms with Crippen molar-refractivity contribution >= 4 is 11.6 Å². The molecule has 0 heterocycles. The number of rotatable bonds is 6. The van der Waals surface area contributed by atoms with Gasteiger partial charge < -0.3 is 10.1 Å². The highest BCUT2D eigenvalue weighted by Crippen LogP contribution is 2.26. The number of ether oxygens (including phenoxy) is 1. The molecule has 1 N–H and O–H groups in total. The van der Waals surface area contributed by atoms with Crippen molar-refractivity contribution in [1.82, 2.24) is 5.32 Å². The Labute approximate surface area is 122 Å². The molecule has 0 aliphatic carbocycles. The Morgan fingerprint density at radius 3 is 2.45 bits per heavy atom. The Hall–Kier alpha value is -0.780. The zero-order chi connectivity index (χ0) is 15.3. The van der Waals surface area contributed by atoms with Gasteiger partial charge in [0.25, 0.3) is 0 Å². The largest absolute Gasteiger partial charge is 0.411 e. The van der Waals surface area contributed by atoms with E-state index in [0.717, 1.165) is 16.7 Å². The van der Waals surface area contributed by atoms with Crippen molar-refractivity contribution in [2.75, 3.05) is 20.3 Å². The van der Waals surface area contributed by atoms with Gasteiger partial charge in [-0.2, -0.15) is 13.2 Å². The molecule has 0 saturated carbocycles. The fraction of sp³-hybridized carbons (Fsp3) is 0.571. The lowest BCUT2D eigenvalue weighted by molar-refractivity contribution is -0.174. The summed E-state index contributed by atoms with van der Waals surface area (Å²) in [7, 11) is 1.78. The van der Waals surface area contributed by atoms with Crippen molar-refractivity contribution in [3.05, 3.63) is 33.8 Å². The van der Waals surface area contributed by atoms with E-state index in [4.69, 9.17) is 11.6 Å². The maximum atomic E-state index is 12.0. The monoisotopic (exact) mass is 309 g/mol. The van der Waals surface area contributed by atoms with Gasteiger partial charge in [0, 0.05) is 17.7 Å². The molecule has 1 atom stereocenters. The van der Waals surface area contributed by atoms with Crippen molar-refractivity contribution in [2.24, 2.45) is 0 Å². The lowest BCUT2D eigenvalue weighted by Gasteiger charge is -2.20. The second kappa shape index (κ2) is 7.29. The van der Waals surface area contributed by atoms with Crippen LogP contribution in [0.2, 0.25) is 5.02 Å². The highest BCUT2D eigenvalue weighted by atomic mass is 35.5. The molecule has 1 unspecified atom stereocenters. The molecule has 0 spiro atoms. The van der Waals surface area contributed by atoms with Crippen LogP contribution in [0.4, 0.5) is 13.2 Å². The maximum Gasteiger partial charge on any atom is 0.411 e. The average Bonchev–Trinajstić information content (AvgIpc) is 2.33. The summed E-state index contributed by atoms with van der Waals surface area (Å²) < 4.78 is 40.6. The minimum absolute atomic E-state index is 0.0477. The predicted molar refractivity (Wildman–Crippen MR) is 74.2 cm³/mol. The smallest absolute Gasteiger partial charge is 0.372 e. The van der Waals surface area contributed by atoms with E-state index in [1.54, 1.807) is 7.05 Å². The summed E-state index contributed by atoms with van der Waals surface area (Å²) in [6, 6.07) is 3.77. The zero-order valence-corrected chi connectivity index (χ0v) is 12.5. The van der Waals surface area contributed by atoms with Crippen LogP contribution in [0.5, 0.6) is 0 Å². The van der Waals surface area contributed by atoms with Crippen LogP contribution in [0.1, 0.15) is 29.2 Å². The van der Waals surface area contributed by atoms with E-state index >= 15 is 0 Å². The molecule has 0 saturated heterocycles. The first-order chi connectivity index (χ1) is 9.24. The topological polar surface area (TPSA) is 21.3 Å². The zero-order valence-electron chi connectivity index (χ0n) is 11.8. The third-order valence-electron chi connectivity index (χ3n) is 3.09. The summed E-state index contributed by atoms with van der Waals surface area (Å²) >= 11 is 6.04. The van der Waals surface area contributed by atoms with Gasteiger partial charge in [0.2, 0.25) is 0 Å². The molecule has 1 rings (SSSR count). The first kappa shape index (κ1) is 17.3. The van der Waals surface area contributed by atoms with Gasteiger partial charge in [-0.1, -0.05) is 17.7 Å². The van der Waals surface area contributed by atoms with Crippen molar-refractivity contribution in [1.29, 1.82) is 0 Å². The lowest BCUT2D eigenvalue weighted by Crippen LogP contribution is -2.22. The average molecular weight is 310 g/mol. The summed E-state index contributed by atoms with van der Waals surface area (Å²) in [4.78, 5) is 0. The standard InChI is InChI=1S/C14H19ClF3NO/c1-9-7-12(15)10(2)6-11(9)13(19-3)4-5-20-8-14(16,17)18/h6-7,13,19H,4-5,8H2,1-3H3. The quantitative estimate of drug-likeness (QED) is 0.796. The predicted octanol–water partition coefficient (Wildman–Crippen LogP) is 4.19. The molecule has 0 fully saturated rings. The van der Waals surface area contributed by atoms with Crippen molar-refractivity contribution in [3.63, 3.8) is 0 Å². The van der Waals surface area contributed by atoms with Crippen LogP contribution < -0.4 is 5.32 Å². The van der Waals surface area contributed by atoms with Gasteiger partial charge in [-0.15, -0.1) is 0 Å². The Morgan fingerprint density at radius 2 is 1.90 bits per heavy atom. The lowest BCUT2D eigenvalue weighted by atomic mass is 9.97. The number of benzene rings is 1. The Bertz CT molecular complexity index is 449. The molecule has 0 bridgehead atoms. The van der Waals surface area contributed by atoms with Crippen molar-refractivity contribution in [3.8, 4) is 0 Å². The van der Waals surface area contributed by atoms with Gasteiger partial charge >= 0.3 is 6.18 Å². The van der Waals surface area contributed by atoms with Gasteiger partial charge in [0.1, 0.15) is 6.61 Å². The second-order valence-corrected chi connectivity index (χ2v) is 5.16. The van der Waals surface area contributed by atoms with Crippen molar-refractivity contribution < 1.29 is 17.9 Å². The minimum atomic E-state index is -4.28. The molecule has 0 aliphatic heterocycles. The van der Waals surface area contributed by atoms with E-state index in [1.807, 2.05) is 26.0 Å². The van der Waals surface area contributed by atoms with Gasteiger partial charge in [0.15, 0.2) is 0 Å². The molecule has 0 amide bonds. The number of halogens is 4. The minimum Gasteiger partial charge on any atom is -0.372 e. The number of alkyl halides is 3. The molecular formula is C14H19ClF3NO. The molecule has 20 heavy (non-hydrogen) atoms. The number of hydrogen-bond acceptors (Lipinski definition) is 2. The second-order valence-electron chi connectivity index (χ2n) is 4.76. The molecule has 0 aromatic heterocycles. The molecule has 0 radical (unpaired) electrons. The summed E-state index contributed by atoms with van der Waals surface area (Å²) in [5.74, 6) is 0. The number of aryl methyl sites for hydroxylation is 2. The first-order valence-corrected chi connectivity index (χ1v) is 6.71. The highest BCUT2D eigenvalue weighted by Gasteiger charge is 2.27. The summed E-state index contributed by atoms with van der Waals surface area (Å²) in [6.07, 6.45) is -3.81. The summed E-state index contributed by atoms with van der Waals surface area (Å²) in [5, 5.41) is 3.79. The van der Waals surface area contributed by atoms with Gasteiger partial charge in [-0.05, 0) is 50.1 Å². The molecular weight excluding hydrogens is 291 g/mol. The Morgan fingerprint density at radius 1 is 1.25 bits per heavy atom. The van der Waals surface area contributed by atoms with Crippen LogP contribution in [0.25, 0.3) is 0 Å². The van der Waals surface area contributed by atoms with Crippen LogP contribution in [-0.4, -0.2) is 26.4 Å². The van der Waals surface area contributed by atoms with Crippen LogP contribution >= 0.6 is 11.6 Å². The van der Waals surface area contributed by atoms with E-state index in [2.05, 4.69) is 10.1 Å². The fourth-order valence-electron chi connectivity index (χ4n) is 2.02. The molecule has 2 nitrogen and oxygen atoms in total. The number of hydrogen-bond donors (Lipinski definition) is 1. The van der Waals surface area contributed by atoms with E-state index in [1.165, 1.54) is 0 Å². The van der Waals surface area contributed by atoms with Gasteiger partial charge in [-0.3, -0.25) is 0 Å². The van der Waals surface area contributed by atoms with E-state index < -0.39 is 12.8 Å². The normalized spacial score (nSPS) is 13.6. The van der Waals surface area contributed by atoms with Crippen molar-refractivity contribution in [2.45, 2.75) is 32.5 Å². The van der Waals surface area contributed by atoms with Crippen LogP contribution in [0.15, 0.2) is 12.1 Å². The number of nitrogens with one attached hydrogen (secondary N) is 1. The van der Waals surface area contributed by atoms with Gasteiger partial charge in [0.05, 0.1) is 0 Å². The SMILES string of the molecule is CNC(CCOCC(F)(F)F)c1cc(C)c(Cl)cc1C. The third kappa shape index (κ3) is 5.31. The Balaban J connectivity index is 2.65. The van der Waals surface area contributed by atoms with E-state index in [0.29, 0.717) is 11.4 Å². The molecule has 114 valence electrons. The molecule has 1 aromatic carbocycles. The van der Waals surface area contributed by atoms with Crippen LogP contribution in [-0.2, 0) is 4.74 Å². The van der Waals surface area contributed by atoms with E-state index in [-0.39, 0.29) is 12.6 Å². The van der Waals surface area contributed by atoms with Gasteiger partial charge in [-0.25, -0.2) is 0 Å². The summed E-state index contributed by atoms with van der Waals surface area (Å²) in [6.45, 7) is 2.67. The molecule has 0 aliphatic rings. The summed E-state index contributed by atoms with van der Waals surface area (Å²) in [5.41, 5.74) is 2.99. The molecule has 1 aromatic rings. The Kier molecular flexibility index (Phi) is 6.30.